The van der Waals surface area contributed by atoms with Crippen LogP contribution in [0.25, 0.3) is 0 Å². The summed E-state index contributed by atoms with van der Waals surface area (Å²) in [5, 5.41) is 0. The molecule has 2 aliphatic carbocycles. The van der Waals surface area contributed by atoms with E-state index in [1.165, 1.54) is 0 Å². The lowest BCUT2D eigenvalue weighted by Crippen LogP contribution is -2.65. The molecule has 2 bridgehead atoms. The van der Waals surface area contributed by atoms with Crippen LogP contribution >= 0.6 is 0 Å². The molecule has 2 aliphatic rings. The molecule has 2 aromatic carbocycles. The van der Waals surface area contributed by atoms with Crippen molar-refractivity contribution in [2.24, 2.45) is 17.3 Å². The zero-order valence-electron chi connectivity index (χ0n) is 20.3. The van der Waals surface area contributed by atoms with Gasteiger partial charge in [0, 0.05) is 21.6 Å². The van der Waals surface area contributed by atoms with Gasteiger partial charge >= 0.3 is 11.9 Å². The molecule has 0 aromatic heterocycles. The second kappa shape index (κ2) is 9.82. The quantitative estimate of drug-likeness (QED) is 0.298. The molecular formula is C27H30O6S2. The molecule has 2 aromatic rings. The SMILES string of the molecule is CCOC(=O)C1(C(=O)OCC)[C@@H]2C=C[C@@H](C2)C1(S(=O)c1ccc(C)cc1)S(=O)c1ccc(C)cc1. The highest BCUT2D eigenvalue weighted by molar-refractivity contribution is 8.04. The predicted molar refractivity (Wildman–Crippen MR) is 134 cm³/mol. The van der Waals surface area contributed by atoms with Crippen LogP contribution in [0.2, 0.25) is 0 Å². The lowest BCUT2D eigenvalue weighted by Gasteiger charge is -2.45. The van der Waals surface area contributed by atoms with Gasteiger partial charge in [0.25, 0.3) is 0 Å². The highest BCUT2D eigenvalue weighted by Crippen LogP contribution is 2.65. The summed E-state index contributed by atoms with van der Waals surface area (Å²) < 4.78 is 38.4. The maximum atomic E-state index is 14.7. The predicted octanol–water partition coefficient (Wildman–Crippen LogP) is 4.23. The number of rotatable bonds is 8. The average Bonchev–Trinajstić information content (AvgIpc) is 3.44. The molecule has 2 unspecified atom stereocenters. The first kappa shape index (κ1) is 25.5. The third-order valence-corrected chi connectivity index (χ3v) is 11.6. The van der Waals surface area contributed by atoms with Gasteiger partial charge in [-0.1, -0.05) is 47.5 Å². The Morgan fingerprint density at radius 1 is 0.771 bits per heavy atom. The van der Waals surface area contributed by atoms with E-state index in [2.05, 4.69) is 0 Å². The van der Waals surface area contributed by atoms with Crippen molar-refractivity contribution < 1.29 is 27.5 Å². The number of carbonyl (C=O) groups excluding carboxylic acids is 2. The summed E-state index contributed by atoms with van der Waals surface area (Å²) in [5.74, 6) is -2.88. The smallest absolute Gasteiger partial charge is 0.326 e. The fraction of sp³-hybridized carbons (Fsp3) is 0.407. The Labute approximate surface area is 211 Å². The number of benzene rings is 2. The van der Waals surface area contributed by atoms with Crippen LogP contribution in [0.1, 0.15) is 31.4 Å². The number of fused-ring (bicyclic) bond motifs is 2. The second-order valence-corrected chi connectivity index (χ2v) is 12.5. The van der Waals surface area contributed by atoms with Crippen molar-refractivity contribution in [2.75, 3.05) is 13.2 Å². The van der Waals surface area contributed by atoms with E-state index in [9.17, 15) is 18.0 Å². The zero-order chi connectivity index (χ0) is 25.4. The van der Waals surface area contributed by atoms with Crippen LogP contribution < -0.4 is 0 Å². The van der Waals surface area contributed by atoms with E-state index >= 15 is 0 Å². The summed E-state index contributed by atoms with van der Waals surface area (Å²) in [6.07, 6.45) is 3.99. The second-order valence-electron chi connectivity index (χ2n) is 8.91. The van der Waals surface area contributed by atoms with Crippen LogP contribution in [0, 0.1) is 31.1 Å². The lowest BCUT2D eigenvalue weighted by atomic mass is 9.74. The van der Waals surface area contributed by atoms with E-state index in [-0.39, 0.29) is 13.2 Å². The van der Waals surface area contributed by atoms with Gasteiger partial charge in [-0.2, -0.15) is 0 Å². The van der Waals surface area contributed by atoms with Gasteiger partial charge < -0.3 is 9.47 Å². The summed E-state index contributed by atoms with van der Waals surface area (Å²) >= 11 is 0. The lowest BCUT2D eigenvalue weighted by molar-refractivity contribution is -0.174. The number of hydrogen-bond acceptors (Lipinski definition) is 6. The highest BCUT2D eigenvalue weighted by Gasteiger charge is 2.80. The van der Waals surface area contributed by atoms with E-state index < -0.39 is 54.9 Å². The number of allylic oxidation sites excluding steroid dienone is 2. The van der Waals surface area contributed by atoms with Crippen molar-refractivity contribution in [3.05, 3.63) is 71.8 Å². The highest BCUT2D eigenvalue weighted by atomic mass is 32.2. The number of esters is 2. The fourth-order valence-electron chi connectivity index (χ4n) is 5.32. The van der Waals surface area contributed by atoms with Crippen molar-refractivity contribution in [1.29, 1.82) is 0 Å². The van der Waals surface area contributed by atoms with Crippen molar-refractivity contribution in [3.63, 3.8) is 0 Å². The summed E-state index contributed by atoms with van der Waals surface area (Å²) in [4.78, 5) is 28.5. The van der Waals surface area contributed by atoms with Gasteiger partial charge in [-0.25, -0.2) is 0 Å². The van der Waals surface area contributed by atoms with E-state index in [4.69, 9.17) is 9.47 Å². The Morgan fingerprint density at radius 2 is 1.17 bits per heavy atom. The van der Waals surface area contributed by atoms with Crippen molar-refractivity contribution in [3.8, 4) is 0 Å². The van der Waals surface area contributed by atoms with E-state index in [1.807, 2.05) is 44.2 Å². The van der Waals surface area contributed by atoms with E-state index in [1.54, 1.807) is 44.2 Å². The first-order valence-corrected chi connectivity index (χ1v) is 14.0. The number of aryl methyl sites for hydroxylation is 2. The van der Waals surface area contributed by atoms with Gasteiger partial charge in [-0.3, -0.25) is 18.0 Å². The van der Waals surface area contributed by atoms with Gasteiger partial charge in [-0.15, -0.1) is 0 Å². The molecule has 186 valence electrons. The van der Waals surface area contributed by atoms with E-state index in [0.717, 1.165) is 11.1 Å². The number of carbonyl (C=O) groups is 2. The molecule has 0 aliphatic heterocycles. The molecule has 0 spiro atoms. The van der Waals surface area contributed by atoms with Gasteiger partial charge in [0.05, 0.1) is 34.8 Å². The van der Waals surface area contributed by atoms with Crippen molar-refractivity contribution in [2.45, 2.75) is 48.0 Å². The first-order chi connectivity index (χ1) is 16.7. The largest absolute Gasteiger partial charge is 0.465 e. The minimum absolute atomic E-state index is 0.0193. The molecule has 0 N–H and O–H groups in total. The Morgan fingerprint density at radius 3 is 1.57 bits per heavy atom. The summed E-state index contributed by atoms with van der Waals surface area (Å²) in [5.41, 5.74) is -0.0899. The molecule has 0 radical (unpaired) electrons. The van der Waals surface area contributed by atoms with Crippen molar-refractivity contribution in [1.82, 2.24) is 0 Å². The molecule has 4 rings (SSSR count). The van der Waals surface area contributed by atoms with Gasteiger partial charge in [0.15, 0.2) is 4.08 Å². The van der Waals surface area contributed by atoms with Crippen molar-refractivity contribution >= 4 is 33.5 Å². The third-order valence-electron chi connectivity index (χ3n) is 6.89. The van der Waals surface area contributed by atoms with Crippen LogP contribution in [-0.4, -0.2) is 37.6 Å². The molecule has 0 heterocycles. The van der Waals surface area contributed by atoms with E-state index in [0.29, 0.717) is 16.2 Å². The molecule has 35 heavy (non-hydrogen) atoms. The maximum Gasteiger partial charge on any atom is 0.326 e. The minimum atomic E-state index is -2.03. The molecule has 0 amide bonds. The standard InChI is InChI=1S/C27H30O6S2/c1-5-32-24(28)26(25(29)33-6-2)20-11-12-21(17-20)27(26,34(30)22-13-7-18(3)8-14-22)35(31)23-15-9-19(4)10-16-23/h7-16,20-21H,5-6,17H2,1-4H3/t20-,21+,27?,34?,35?/m1/s1. The maximum absolute atomic E-state index is 14.7. The molecule has 1 saturated carbocycles. The number of hydrogen-bond donors (Lipinski definition) is 0. The topological polar surface area (TPSA) is 86.7 Å². The van der Waals surface area contributed by atoms with Gasteiger partial charge in [0.2, 0.25) is 5.41 Å². The average molecular weight is 515 g/mol. The Kier molecular flexibility index (Phi) is 7.16. The summed E-state index contributed by atoms with van der Waals surface area (Å²) in [7, 11) is -4.06. The monoisotopic (exact) mass is 514 g/mol. The molecule has 1 fully saturated rings. The molecule has 8 heteroatoms. The molecule has 0 saturated heterocycles. The molecule has 4 atom stereocenters. The minimum Gasteiger partial charge on any atom is -0.465 e. The first-order valence-electron chi connectivity index (χ1n) is 11.7. The van der Waals surface area contributed by atoms with Crippen LogP contribution in [0.4, 0.5) is 0 Å². The van der Waals surface area contributed by atoms with Crippen LogP contribution in [0.5, 0.6) is 0 Å². The van der Waals surface area contributed by atoms with Crippen LogP contribution in [0.15, 0.2) is 70.5 Å². The van der Waals surface area contributed by atoms with Gasteiger partial charge in [-0.05, 0) is 58.4 Å². The molecular weight excluding hydrogens is 484 g/mol. The fourth-order valence-corrected chi connectivity index (χ4v) is 10.0. The normalized spacial score (nSPS) is 25.7. The molecule has 6 nitrogen and oxygen atoms in total. The van der Waals surface area contributed by atoms with Gasteiger partial charge in [0.1, 0.15) is 0 Å². The van der Waals surface area contributed by atoms with Crippen LogP contribution in [-0.2, 0) is 40.7 Å². The summed E-state index contributed by atoms with van der Waals surface area (Å²) in [6, 6.07) is 14.1. The Balaban J connectivity index is 2.06. The zero-order valence-corrected chi connectivity index (χ0v) is 21.9. The third kappa shape index (κ3) is 3.73. The Hall–Kier alpha value is -2.58. The number of ether oxygens (including phenoxy) is 2. The van der Waals surface area contributed by atoms with Crippen LogP contribution in [0.3, 0.4) is 0 Å². The summed E-state index contributed by atoms with van der Waals surface area (Å²) in [6.45, 7) is 7.16. The Bertz CT molecular complexity index is 1120.